The number of carbonyl (C=O) groups is 4. The lowest BCUT2D eigenvalue weighted by Crippen LogP contribution is -2.45. The molecule has 0 saturated heterocycles. The number of anilines is 1. The summed E-state index contributed by atoms with van der Waals surface area (Å²) in [5.41, 5.74) is 3.83. The molecule has 0 aliphatic carbocycles. The molecular weight excluding hydrogens is 641 g/mol. The number of pyridine rings is 1. The molecule has 2 aromatic heterocycles. The Bertz CT molecular complexity index is 2100. The van der Waals surface area contributed by atoms with Gasteiger partial charge in [0.05, 0.1) is 16.8 Å². The van der Waals surface area contributed by atoms with Crippen LogP contribution in [0.25, 0.3) is 16.8 Å². The van der Waals surface area contributed by atoms with Gasteiger partial charge in [-0.2, -0.15) is 0 Å². The Morgan fingerprint density at radius 2 is 1.81 bits per heavy atom. The molecule has 242 valence electrons. The van der Waals surface area contributed by atoms with E-state index in [1.807, 2.05) is 6.07 Å². The van der Waals surface area contributed by atoms with E-state index in [0.717, 1.165) is 15.8 Å². The van der Waals surface area contributed by atoms with E-state index < -0.39 is 29.6 Å². The number of fused-ring (bicyclic) bond motifs is 1. The number of aromatic nitrogens is 4. The number of carboxylic acids is 1. The Balaban J connectivity index is 1.39. The first-order valence-electron chi connectivity index (χ1n) is 14.7. The van der Waals surface area contributed by atoms with Crippen LogP contribution in [0.15, 0.2) is 79.1 Å². The van der Waals surface area contributed by atoms with Gasteiger partial charge in [-0.1, -0.05) is 47.1 Å². The number of benzene rings is 3. The van der Waals surface area contributed by atoms with E-state index in [-0.39, 0.29) is 40.1 Å². The number of halogens is 2. The highest BCUT2D eigenvalue weighted by Crippen LogP contribution is 2.37. The van der Waals surface area contributed by atoms with Gasteiger partial charge in [0, 0.05) is 31.0 Å². The molecule has 1 aliphatic heterocycles. The molecule has 5 aromatic rings. The summed E-state index contributed by atoms with van der Waals surface area (Å²) in [5, 5.41) is 22.6. The molecule has 0 spiro atoms. The van der Waals surface area contributed by atoms with Crippen molar-refractivity contribution in [2.75, 3.05) is 18.9 Å². The molecule has 1 unspecified atom stereocenters. The molecule has 0 bridgehead atoms. The van der Waals surface area contributed by atoms with Crippen molar-refractivity contribution in [1.29, 1.82) is 0 Å². The zero-order chi connectivity index (χ0) is 34.1. The molecule has 1 atom stereocenters. The Morgan fingerprint density at radius 1 is 1.02 bits per heavy atom. The number of hydrogen-bond acceptors (Lipinski definition) is 7. The van der Waals surface area contributed by atoms with E-state index in [2.05, 4.69) is 25.9 Å². The summed E-state index contributed by atoms with van der Waals surface area (Å²) < 4.78 is 15.8. The largest absolute Gasteiger partial charge is 0.478 e. The minimum absolute atomic E-state index is 0.00630. The molecule has 1 aliphatic rings. The molecule has 3 N–H and O–H groups in total. The third-order valence-electron chi connectivity index (χ3n) is 8.08. The Hall–Kier alpha value is -5.95. The van der Waals surface area contributed by atoms with E-state index in [9.17, 15) is 28.7 Å². The van der Waals surface area contributed by atoms with Gasteiger partial charge in [0.25, 0.3) is 17.7 Å². The highest BCUT2D eigenvalue weighted by Gasteiger charge is 2.38. The van der Waals surface area contributed by atoms with Crippen molar-refractivity contribution in [2.24, 2.45) is 0 Å². The van der Waals surface area contributed by atoms with Crippen LogP contribution < -0.4 is 10.6 Å². The third kappa shape index (κ3) is 5.98. The number of aryl methyl sites for hydroxylation is 1. The first-order chi connectivity index (χ1) is 23.1. The van der Waals surface area contributed by atoms with Crippen molar-refractivity contribution in [1.82, 2.24) is 30.2 Å². The Labute approximate surface area is 278 Å². The summed E-state index contributed by atoms with van der Waals surface area (Å²) in [7, 11) is 1.52. The molecular formula is C34H27ClFN7O5. The van der Waals surface area contributed by atoms with Crippen LogP contribution in [0.3, 0.4) is 0 Å². The fourth-order valence-corrected chi connectivity index (χ4v) is 5.91. The SMILES string of the molecule is CNC(=O)c1ccc(-c2cccc3c2CCN(C(=O)c2cn(-c4cccc(Cl)c4F)nn2)C3C(=O)Nc2ccc(C(=O)O)c(C)c2)cn1. The number of aromatic carboxylic acids is 1. The number of hydrogen-bond donors (Lipinski definition) is 3. The highest BCUT2D eigenvalue weighted by atomic mass is 35.5. The molecule has 12 nitrogen and oxygen atoms in total. The maximum absolute atomic E-state index is 14.7. The first kappa shape index (κ1) is 32.0. The molecule has 14 heteroatoms. The minimum atomic E-state index is -1.15. The molecule has 3 heterocycles. The molecule has 0 saturated carbocycles. The molecule has 3 aromatic carbocycles. The van der Waals surface area contributed by atoms with Gasteiger partial charge in [0.2, 0.25) is 0 Å². The van der Waals surface area contributed by atoms with Gasteiger partial charge in [0.15, 0.2) is 11.5 Å². The summed E-state index contributed by atoms with van der Waals surface area (Å²) in [6.45, 7) is 1.73. The number of rotatable bonds is 7. The van der Waals surface area contributed by atoms with Crippen LogP contribution in [0.1, 0.15) is 54.1 Å². The third-order valence-corrected chi connectivity index (χ3v) is 8.37. The van der Waals surface area contributed by atoms with Crippen molar-refractivity contribution >= 4 is 41.0 Å². The molecule has 0 radical (unpaired) electrons. The van der Waals surface area contributed by atoms with Gasteiger partial charge in [-0.15, -0.1) is 5.10 Å². The van der Waals surface area contributed by atoms with Gasteiger partial charge >= 0.3 is 5.97 Å². The quantitative estimate of drug-likeness (QED) is 0.222. The molecule has 6 rings (SSSR count). The van der Waals surface area contributed by atoms with Gasteiger partial charge in [-0.25, -0.2) is 13.9 Å². The number of amides is 3. The van der Waals surface area contributed by atoms with Crippen LogP contribution in [-0.2, 0) is 11.2 Å². The lowest BCUT2D eigenvalue weighted by atomic mass is 9.86. The zero-order valence-corrected chi connectivity index (χ0v) is 26.3. The van der Waals surface area contributed by atoms with Crippen LogP contribution in [0.2, 0.25) is 5.02 Å². The van der Waals surface area contributed by atoms with Crippen LogP contribution in [0, 0.1) is 12.7 Å². The lowest BCUT2D eigenvalue weighted by Gasteiger charge is -2.37. The maximum atomic E-state index is 14.7. The van der Waals surface area contributed by atoms with Crippen LogP contribution >= 0.6 is 11.6 Å². The second-order valence-electron chi connectivity index (χ2n) is 11.0. The van der Waals surface area contributed by atoms with E-state index in [4.69, 9.17) is 11.6 Å². The fourth-order valence-electron chi connectivity index (χ4n) is 5.74. The van der Waals surface area contributed by atoms with E-state index in [1.54, 1.807) is 43.5 Å². The Morgan fingerprint density at radius 3 is 2.52 bits per heavy atom. The van der Waals surface area contributed by atoms with Gasteiger partial charge < -0.3 is 20.6 Å². The standard InChI is InChI=1S/C34H27ClFN7O5/c1-18-15-20(10-11-21(18)34(47)48)39-32(45)30-24-6-3-5-22(19-9-12-26(38-16-19)31(44)37-2)23(24)13-14-42(30)33(46)27-17-43(41-40-27)28-8-4-7-25(35)29(28)36/h3-12,15-17,30H,13-14H2,1-2H3,(H,37,44)(H,39,45)(H,47,48). The molecule has 48 heavy (non-hydrogen) atoms. The average molecular weight is 668 g/mol. The van der Waals surface area contributed by atoms with Gasteiger partial charge in [-0.3, -0.25) is 19.4 Å². The number of nitrogens with one attached hydrogen (secondary N) is 2. The van der Waals surface area contributed by atoms with Crippen molar-refractivity contribution < 1.29 is 28.7 Å². The summed E-state index contributed by atoms with van der Waals surface area (Å²) in [6.07, 6.45) is 3.21. The lowest BCUT2D eigenvalue weighted by molar-refractivity contribution is -0.121. The van der Waals surface area contributed by atoms with Crippen LogP contribution in [-0.4, -0.2) is 67.3 Å². The van der Waals surface area contributed by atoms with Gasteiger partial charge in [0.1, 0.15) is 17.4 Å². The fraction of sp³-hybridized carbons (Fsp3) is 0.147. The average Bonchev–Trinajstić information content (AvgIpc) is 3.58. The second-order valence-corrected chi connectivity index (χ2v) is 11.4. The summed E-state index contributed by atoms with van der Waals surface area (Å²) >= 11 is 5.94. The monoisotopic (exact) mass is 667 g/mol. The number of carboxylic acid groups (broad SMARTS) is 1. The smallest absolute Gasteiger partial charge is 0.335 e. The van der Waals surface area contributed by atoms with Crippen molar-refractivity contribution in [3.8, 4) is 16.8 Å². The summed E-state index contributed by atoms with van der Waals surface area (Å²) in [5.74, 6) is -3.33. The van der Waals surface area contributed by atoms with E-state index in [0.29, 0.717) is 28.8 Å². The predicted octanol–water partition coefficient (Wildman–Crippen LogP) is 4.87. The normalized spacial score (nSPS) is 13.8. The highest BCUT2D eigenvalue weighted by molar-refractivity contribution is 6.30. The topological polar surface area (TPSA) is 159 Å². The van der Waals surface area contributed by atoms with Crippen LogP contribution in [0.4, 0.5) is 10.1 Å². The van der Waals surface area contributed by atoms with E-state index in [1.165, 1.54) is 48.5 Å². The minimum Gasteiger partial charge on any atom is -0.478 e. The molecule has 3 amide bonds. The Kier molecular flexibility index (Phi) is 8.70. The van der Waals surface area contributed by atoms with E-state index >= 15 is 0 Å². The first-order valence-corrected chi connectivity index (χ1v) is 15.1. The van der Waals surface area contributed by atoms with Crippen LogP contribution in [0.5, 0.6) is 0 Å². The summed E-state index contributed by atoms with van der Waals surface area (Å²) in [4.78, 5) is 57.4. The van der Waals surface area contributed by atoms with Crippen molar-refractivity contribution in [3.05, 3.63) is 124 Å². The second kappa shape index (κ2) is 13.0. The number of carbonyl (C=O) groups excluding carboxylic acids is 3. The summed E-state index contributed by atoms with van der Waals surface area (Å²) in [6, 6.07) is 16.4. The van der Waals surface area contributed by atoms with Crippen molar-refractivity contribution in [2.45, 2.75) is 19.4 Å². The van der Waals surface area contributed by atoms with Gasteiger partial charge in [-0.05, 0) is 72.0 Å². The maximum Gasteiger partial charge on any atom is 0.335 e. The molecule has 0 fully saturated rings. The predicted molar refractivity (Wildman–Crippen MR) is 174 cm³/mol. The van der Waals surface area contributed by atoms with Crippen molar-refractivity contribution in [3.63, 3.8) is 0 Å². The number of nitrogens with zero attached hydrogens (tertiary/aromatic N) is 5. The zero-order valence-electron chi connectivity index (χ0n) is 25.6.